The predicted molar refractivity (Wildman–Crippen MR) is 125 cm³/mol. The van der Waals surface area contributed by atoms with Crippen molar-refractivity contribution in [2.24, 2.45) is 5.92 Å². The fourth-order valence-corrected chi connectivity index (χ4v) is 4.98. The molecule has 2 aromatic rings. The molecule has 0 spiro atoms. The van der Waals surface area contributed by atoms with E-state index in [2.05, 4.69) is 34.9 Å². The van der Waals surface area contributed by atoms with E-state index in [1.165, 1.54) is 18.1 Å². The number of aliphatic carboxylic acids is 1. The number of fused-ring (bicyclic) bond motifs is 3. The third-order valence-electron chi connectivity index (χ3n) is 6.88. The van der Waals surface area contributed by atoms with Crippen molar-refractivity contribution in [2.75, 3.05) is 13.2 Å². The highest BCUT2D eigenvalue weighted by Gasteiger charge is 2.36. The Bertz CT molecular complexity index is 1040. The van der Waals surface area contributed by atoms with Crippen molar-refractivity contribution in [3.05, 3.63) is 59.7 Å². The maximum atomic E-state index is 12.5. The second-order valence-corrected chi connectivity index (χ2v) is 9.39. The van der Waals surface area contributed by atoms with Gasteiger partial charge in [-0.3, -0.25) is 4.79 Å². The summed E-state index contributed by atoms with van der Waals surface area (Å²) in [5, 5.41) is 23.8. The van der Waals surface area contributed by atoms with Gasteiger partial charge >= 0.3 is 12.1 Å². The number of amides is 2. The normalized spacial score (nSPS) is 20.6. The van der Waals surface area contributed by atoms with Crippen LogP contribution in [0.2, 0.25) is 0 Å². The first-order chi connectivity index (χ1) is 16.3. The van der Waals surface area contributed by atoms with Crippen molar-refractivity contribution in [3.63, 3.8) is 0 Å². The minimum Gasteiger partial charge on any atom is -0.479 e. The Balaban J connectivity index is 1.27. The number of ether oxygens (including phenoxy) is 1. The average Bonchev–Trinajstić information content (AvgIpc) is 3.39. The summed E-state index contributed by atoms with van der Waals surface area (Å²) in [6.45, 7) is 0.821. The van der Waals surface area contributed by atoms with Crippen LogP contribution in [0.25, 0.3) is 11.1 Å². The molecule has 2 aliphatic carbocycles. The standard InChI is InChI=1S/C26H30N2O6/c1-26(15-29,24(31)32)28-23(30)13-16-10-11-17(12-16)27-25(33)34-14-22-20-8-4-2-6-18(20)19-7-3-5-9-21(19)22/h2-9,16-17,22,29H,10-15H2,1H3,(H,27,33)(H,28,30)(H,31,32)/t16-,17+,26?/m0/s1. The summed E-state index contributed by atoms with van der Waals surface area (Å²) in [6.07, 6.45) is 1.74. The molecule has 4 rings (SSSR count). The van der Waals surface area contributed by atoms with E-state index in [0.29, 0.717) is 6.42 Å². The minimum atomic E-state index is -1.70. The molecule has 0 aliphatic heterocycles. The molecule has 34 heavy (non-hydrogen) atoms. The fourth-order valence-electron chi connectivity index (χ4n) is 4.98. The molecule has 8 heteroatoms. The van der Waals surface area contributed by atoms with E-state index in [0.717, 1.165) is 24.0 Å². The molecule has 1 unspecified atom stereocenters. The number of carboxylic acids is 1. The van der Waals surface area contributed by atoms with Gasteiger partial charge in [-0.05, 0) is 54.4 Å². The van der Waals surface area contributed by atoms with Crippen molar-refractivity contribution >= 4 is 18.0 Å². The van der Waals surface area contributed by atoms with Crippen molar-refractivity contribution < 1.29 is 29.3 Å². The maximum absolute atomic E-state index is 12.5. The third kappa shape index (κ3) is 4.92. The van der Waals surface area contributed by atoms with E-state index < -0.39 is 30.1 Å². The molecule has 0 saturated heterocycles. The highest BCUT2D eigenvalue weighted by molar-refractivity contribution is 5.87. The number of carbonyl (C=O) groups is 3. The highest BCUT2D eigenvalue weighted by Crippen LogP contribution is 2.44. The molecular weight excluding hydrogens is 436 g/mol. The maximum Gasteiger partial charge on any atom is 0.407 e. The zero-order chi connectivity index (χ0) is 24.3. The van der Waals surface area contributed by atoms with Crippen molar-refractivity contribution in [3.8, 4) is 11.1 Å². The van der Waals surface area contributed by atoms with Gasteiger partial charge in [-0.25, -0.2) is 9.59 Å². The largest absolute Gasteiger partial charge is 0.479 e. The van der Waals surface area contributed by atoms with Crippen LogP contribution >= 0.6 is 0 Å². The quantitative estimate of drug-likeness (QED) is 0.474. The van der Waals surface area contributed by atoms with Crippen LogP contribution in [0, 0.1) is 5.92 Å². The van der Waals surface area contributed by atoms with Gasteiger partial charge in [-0.1, -0.05) is 48.5 Å². The SMILES string of the molecule is CC(CO)(NC(=O)C[C@H]1CC[C@@H](NC(=O)OCC2c3ccccc3-c3ccccc32)C1)C(=O)O. The van der Waals surface area contributed by atoms with Crippen molar-refractivity contribution in [2.45, 2.75) is 50.1 Å². The fraction of sp³-hybridized carbons (Fsp3) is 0.423. The van der Waals surface area contributed by atoms with E-state index in [4.69, 9.17) is 4.74 Å². The van der Waals surface area contributed by atoms with E-state index in [9.17, 15) is 24.6 Å². The monoisotopic (exact) mass is 466 g/mol. The summed E-state index contributed by atoms with van der Waals surface area (Å²) in [6, 6.07) is 16.2. The molecule has 0 radical (unpaired) electrons. The molecule has 8 nitrogen and oxygen atoms in total. The molecule has 2 aliphatic rings. The molecular formula is C26H30N2O6. The third-order valence-corrected chi connectivity index (χ3v) is 6.88. The number of nitrogens with one attached hydrogen (secondary N) is 2. The van der Waals surface area contributed by atoms with Crippen LogP contribution in [-0.2, 0) is 14.3 Å². The Morgan fingerprint density at radius 3 is 2.24 bits per heavy atom. The van der Waals surface area contributed by atoms with Crippen LogP contribution < -0.4 is 10.6 Å². The van der Waals surface area contributed by atoms with Gasteiger partial charge in [0.15, 0.2) is 5.54 Å². The minimum absolute atomic E-state index is 0.00626. The van der Waals surface area contributed by atoms with Crippen LogP contribution in [-0.4, -0.2) is 53.0 Å². The first kappa shape index (κ1) is 23.8. The number of aliphatic hydroxyl groups excluding tert-OH is 1. The molecule has 0 heterocycles. The number of rotatable bonds is 8. The lowest BCUT2D eigenvalue weighted by atomic mass is 9.98. The molecule has 1 saturated carbocycles. The van der Waals surface area contributed by atoms with Gasteiger partial charge in [-0.2, -0.15) is 0 Å². The Morgan fingerprint density at radius 1 is 1.03 bits per heavy atom. The van der Waals surface area contributed by atoms with E-state index in [1.807, 2.05) is 24.3 Å². The van der Waals surface area contributed by atoms with Gasteiger partial charge in [0.1, 0.15) is 6.61 Å². The van der Waals surface area contributed by atoms with Crippen LogP contribution in [0.5, 0.6) is 0 Å². The molecule has 2 amide bonds. The van der Waals surface area contributed by atoms with Crippen molar-refractivity contribution in [1.29, 1.82) is 0 Å². The lowest BCUT2D eigenvalue weighted by Crippen LogP contribution is -2.55. The van der Waals surface area contributed by atoms with Gasteiger partial charge < -0.3 is 25.6 Å². The Kier molecular flexibility index (Phi) is 6.88. The van der Waals surface area contributed by atoms with Gasteiger partial charge in [0, 0.05) is 18.4 Å². The van der Waals surface area contributed by atoms with Crippen molar-refractivity contribution in [1.82, 2.24) is 10.6 Å². The second kappa shape index (κ2) is 9.85. The van der Waals surface area contributed by atoms with Crippen LogP contribution in [0.4, 0.5) is 4.79 Å². The summed E-state index contributed by atoms with van der Waals surface area (Å²) in [4.78, 5) is 36.0. The molecule has 1 fully saturated rings. The number of hydrogen-bond acceptors (Lipinski definition) is 5. The number of alkyl carbamates (subject to hydrolysis) is 1. The Morgan fingerprint density at radius 2 is 1.65 bits per heavy atom. The number of aliphatic hydroxyl groups is 1. The first-order valence-corrected chi connectivity index (χ1v) is 11.6. The zero-order valence-electron chi connectivity index (χ0n) is 19.1. The lowest BCUT2D eigenvalue weighted by molar-refractivity contribution is -0.148. The Labute approximate surface area is 198 Å². The molecule has 4 N–H and O–H groups in total. The van der Waals surface area contributed by atoms with Crippen LogP contribution in [0.1, 0.15) is 49.7 Å². The number of hydrogen-bond donors (Lipinski definition) is 4. The van der Waals surface area contributed by atoms with E-state index >= 15 is 0 Å². The predicted octanol–water partition coefficient (Wildman–Crippen LogP) is 3.04. The lowest BCUT2D eigenvalue weighted by Gasteiger charge is -2.24. The van der Waals surface area contributed by atoms with Crippen LogP contribution in [0.3, 0.4) is 0 Å². The number of carboxylic acid groups (broad SMARTS) is 1. The first-order valence-electron chi connectivity index (χ1n) is 11.6. The Hall–Kier alpha value is -3.39. The topological polar surface area (TPSA) is 125 Å². The summed E-state index contributed by atoms with van der Waals surface area (Å²) >= 11 is 0. The summed E-state index contributed by atoms with van der Waals surface area (Å²) in [5.74, 6) is -1.70. The summed E-state index contributed by atoms with van der Waals surface area (Å²) < 4.78 is 5.60. The zero-order valence-corrected chi connectivity index (χ0v) is 19.1. The van der Waals surface area contributed by atoms with Gasteiger partial charge in [0.05, 0.1) is 6.61 Å². The number of carbonyl (C=O) groups excluding carboxylic acids is 2. The van der Waals surface area contributed by atoms with E-state index in [-0.39, 0.29) is 30.9 Å². The molecule has 3 atom stereocenters. The number of benzene rings is 2. The second-order valence-electron chi connectivity index (χ2n) is 9.39. The highest BCUT2D eigenvalue weighted by atomic mass is 16.5. The smallest absolute Gasteiger partial charge is 0.407 e. The molecule has 0 bridgehead atoms. The van der Waals surface area contributed by atoms with Gasteiger partial charge in [-0.15, -0.1) is 0 Å². The molecule has 2 aromatic carbocycles. The van der Waals surface area contributed by atoms with Crippen LogP contribution in [0.15, 0.2) is 48.5 Å². The van der Waals surface area contributed by atoms with Gasteiger partial charge in [0.2, 0.25) is 5.91 Å². The average molecular weight is 467 g/mol. The molecule has 180 valence electrons. The summed E-state index contributed by atoms with van der Waals surface area (Å²) in [5.41, 5.74) is 2.95. The summed E-state index contributed by atoms with van der Waals surface area (Å²) in [7, 11) is 0. The molecule has 0 aromatic heterocycles. The van der Waals surface area contributed by atoms with E-state index in [1.54, 1.807) is 0 Å². The van der Waals surface area contributed by atoms with Gasteiger partial charge in [0.25, 0.3) is 0 Å².